The lowest BCUT2D eigenvalue weighted by molar-refractivity contribution is 0.459. The maximum atomic E-state index is 7.54. The molecule has 0 fully saturated rings. The average molecular weight is 1140 g/mol. The van der Waals surface area contributed by atoms with E-state index in [1.165, 1.54) is 0 Å². The zero-order valence-electron chi connectivity index (χ0n) is 47.6. The molecule has 10 heteroatoms. The predicted molar refractivity (Wildman–Crippen MR) is 367 cm³/mol. The fourth-order valence-corrected chi connectivity index (χ4v) is 14.4. The molecule has 4 heterocycles. The predicted octanol–water partition coefficient (Wildman–Crippen LogP) is 18.2. The summed E-state index contributed by atoms with van der Waals surface area (Å²) in [6, 6.07) is 113. The molecule has 17 rings (SSSR count). The number of nitrogens with zero attached hydrogens (tertiary/aromatic N) is 5. The number of benzene rings is 13. The van der Waals surface area contributed by atoms with Crippen molar-refractivity contribution in [3.05, 3.63) is 315 Å². The summed E-state index contributed by atoms with van der Waals surface area (Å²) < 4.78 is 15.1. The summed E-state index contributed by atoms with van der Waals surface area (Å²) >= 11 is 1.77. The summed E-state index contributed by atoms with van der Waals surface area (Å²) in [4.78, 5) is 14.1. The van der Waals surface area contributed by atoms with E-state index in [1.807, 2.05) is 0 Å². The smallest absolute Gasteiger partial charge is 0.260 e. The van der Waals surface area contributed by atoms with Crippen LogP contribution >= 0.6 is 11.8 Å². The van der Waals surface area contributed by atoms with Gasteiger partial charge in [0.1, 0.15) is 23.0 Å². The first-order chi connectivity index (χ1) is 43.7. The van der Waals surface area contributed by atoms with Crippen LogP contribution in [0.2, 0.25) is 0 Å². The molecule has 413 valence electrons. The van der Waals surface area contributed by atoms with Crippen LogP contribution in [0.15, 0.2) is 325 Å². The highest BCUT2D eigenvalue weighted by Gasteiger charge is 2.44. The van der Waals surface area contributed by atoms with Gasteiger partial charge in [0, 0.05) is 91.1 Å². The Morgan fingerprint density at radius 2 is 0.784 bits per heavy atom. The second-order valence-electron chi connectivity index (χ2n) is 22.2. The van der Waals surface area contributed by atoms with Gasteiger partial charge in [0.05, 0.1) is 27.6 Å². The second-order valence-corrected chi connectivity index (χ2v) is 23.3. The molecule has 0 spiro atoms. The van der Waals surface area contributed by atoms with E-state index in [-0.39, 0.29) is 6.71 Å². The Kier molecular flexibility index (Phi) is 12.5. The topological polar surface area (TPSA) is 34.7 Å². The first-order valence-corrected chi connectivity index (χ1v) is 30.6. The van der Waals surface area contributed by atoms with Crippen LogP contribution in [0.25, 0.3) is 0 Å². The summed E-state index contributed by atoms with van der Waals surface area (Å²) in [5.74, 6) is 3.10. The molecule has 4 aliphatic rings. The molecule has 1 radical (unpaired) electrons. The van der Waals surface area contributed by atoms with E-state index in [0.717, 1.165) is 145 Å². The minimum absolute atomic E-state index is 0.244. The highest BCUT2D eigenvalue weighted by Crippen LogP contribution is 2.56. The largest absolute Gasteiger partial charge is 0.458 e. The quantitative estimate of drug-likeness (QED) is 0.119. The van der Waals surface area contributed by atoms with Gasteiger partial charge in [0.2, 0.25) is 0 Å². The Morgan fingerprint density at radius 1 is 0.330 bits per heavy atom. The van der Waals surface area contributed by atoms with Gasteiger partial charge < -0.3 is 34.0 Å². The molecule has 0 saturated carbocycles. The van der Waals surface area contributed by atoms with Crippen molar-refractivity contribution in [1.29, 1.82) is 0 Å². The Bertz CT molecular complexity index is 4700. The Morgan fingerprint density at radius 3 is 1.36 bits per heavy atom. The molecule has 0 bridgehead atoms. The van der Waals surface area contributed by atoms with Crippen molar-refractivity contribution in [2.75, 3.05) is 24.5 Å². The Hall–Kier alpha value is -11.1. The summed E-state index contributed by atoms with van der Waals surface area (Å²) in [5, 5.41) is 0. The third kappa shape index (κ3) is 8.71. The van der Waals surface area contributed by atoms with Gasteiger partial charge in [-0.15, -0.1) is 0 Å². The molecule has 0 N–H and O–H groups in total. The first-order valence-electron chi connectivity index (χ1n) is 29.8. The van der Waals surface area contributed by atoms with E-state index in [2.05, 4.69) is 347 Å². The van der Waals surface area contributed by atoms with Crippen LogP contribution in [0.1, 0.15) is 0 Å². The van der Waals surface area contributed by atoms with Gasteiger partial charge in [-0.05, 0) is 144 Å². The van der Waals surface area contributed by atoms with Crippen molar-refractivity contribution < 1.29 is 9.47 Å². The van der Waals surface area contributed by atoms with Crippen LogP contribution in [-0.4, -0.2) is 14.0 Å². The lowest BCUT2D eigenvalue weighted by Crippen LogP contribution is -2.57. The van der Waals surface area contributed by atoms with Crippen molar-refractivity contribution in [3.63, 3.8) is 0 Å². The maximum Gasteiger partial charge on any atom is 0.260 e. The number of hydrogen-bond acceptors (Lipinski definition) is 8. The highest BCUT2D eigenvalue weighted by molar-refractivity contribution is 8.00. The van der Waals surface area contributed by atoms with Crippen LogP contribution in [0.4, 0.5) is 85.3 Å². The molecule has 0 saturated heterocycles. The number of rotatable bonds is 11. The van der Waals surface area contributed by atoms with Crippen molar-refractivity contribution >= 4 is 138 Å². The van der Waals surface area contributed by atoms with Crippen molar-refractivity contribution in [1.82, 2.24) is 0 Å². The Balaban J connectivity index is 0.899. The maximum absolute atomic E-state index is 7.54. The van der Waals surface area contributed by atoms with Crippen molar-refractivity contribution in [3.8, 4) is 23.0 Å². The first kappa shape index (κ1) is 51.4. The molecule has 13 aromatic carbocycles. The molecular formula is C78H52B2N5O2S. The highest BCUT2D eigenvalue weighted by atomic mass is 32.2. The molecule has 0 unspecified atom stereocenters. The van der Waals surface area contributed by atoms with Gasteiger partial charge >= 0.3 is 0 Å². The zero-order valence-corrected chi connectivity index (χ0v) is 48.5. The molecule has 0 aliphatic carbocycles. The van der Waals surface area contributed by atoms with Crippen LogP contribution in [0.5, 0.6) is 23.0 Å². The molecule has 13 aromatic rings. The minimum Gasteiger partial charge on any atom is -0.458 e. The molecule has 0 atom stereocenters. The monoisotopic (exact) mass is 1140 g/mol. The van der Waals surface area contributed by atoms with Crippen molar-refractivity contribution in [2.45, 2.75) is 9.79 Å². The van der Waals surface area contributed by atoms with Crippen LogP contribution in [0.3, 0.4) is 0 Å². The van der Waals surface area contributed by atoms with Crippen LogP contribution in [0, 0.1) is 0 Å². The van der Waals surface area contributed by atoms with E-state index >= 15 is 0 Å². The van der Waals surface area contributed by atoms with Gasteiger partial charge in [0.25, 0.3) is 6.71 Å². The molecule has 88 heavy (non-hydrogen) atoms. The number of para-hydroxylation sites is 9. The number of ether oxygens (including phenoxy) is 2. The Labute approximate surface area is 517 Å². The third-order valence-corrected chi connectivity index (χ3v) is 18.2. The van der Waals surface area contributed by atoms with Gasteiger partial charge in [-0.3, -0.25) is 0 Å². The van der Waals surface area contributed by atoms with Gasteiger partial charge in [-0.25, -0.2) is 0 Å². The number of fused-ring (bicyclic) bond motifs is 9. The van der Waals surface area contributed by atoms with Gasteiger partial charge in [0.15, 0.2) is 7.28 Å². The number of anilines is 15. The third-order valence-electron chi connectivity index (χ3n) is 17.1. The van der Waals surface area contributed by atoms with E-state index in [1.54, 1.807) is 11.8 Å². The molecule has 0 aromatic heterocycles. The average Bonchev–Trinajstić information content (AvgIpc) is 0.833. The fourth-order valence-electron chi connectivity index (χ4n) is 13.3. The minimum atomic E-state index is -0.244. The summed E-state index contributed by atoms with van der Waals surface area (Å²) in [5.41, 5.74) is 20.8. The molecule has 4 aliphatic heterocycles. The van der Waals surface area contributed by atoms with E-state index in [9.17, 15) is 0 Å². The van der Waals surface area contributed by atoms with Crippen molar-refractivity contribution in [2.24, 2.45) is 0 Å². The van der Waals surface area contributed by atoms with Crippen LogP contribution < -0.4 is 61.3 Å². The van der Waals surface area contributed by atoms with Crippen LogP contribution in [-0.2, 0) is 0 Å². The molecule has 7 nitrogen and oxygen atoms in total. The van der Waals surface area contributed by atoms with E-state index in [4.69, 9.17) is 9.47 Å². The van der Waals surface area contributed by atoms with E-state index in [0.29, 0.717) is 0 Å². The lowest BCUT2D eigenvalue weighted by atomic mass is 9.35. The van der Waals surface area contributed by atoms with E-state index < -0.39 is 0 Å². The summed E-state index contributed by atoms with van der Waals surface area (Å²) in [6.45, 7) is -0.244. The molecular weight excluding hydrogens is 1090 g/mol. The van der Waals surface area contributed by atoms with Gasteiger partial charge in [-0.2, -0.15) is 0 Å². The normalized spacial score (nSPS) is 12.7. The fraction of sp³-hybridized carbons (Fsp3) is 0. The SMILES string of the molecule is [B]1c2ccccc2N(c2ccccc2)c2cc(N(c3ccccc3)c3ccccc3)cc(N(c3ccccc3)c3ccc4c(c3)Oc3cc(N(c5ccccc5)c5ccccc5)cc5c3B4c3ccc4c(c3O5)Sc3ccccc3N4c3ccccc3)c21. The number of hydrogen-bond donors (Lipinski definition) is 0. The zero-order chi connectivity index (χ0) is 58.1. The van der Waals surface area contributed by atoms with Gasteiger partial charge in [-0.1, -0.05) is 187 Å². The molecule has 0 amide bonds. The second kappa shape index (κ2) is 21.5. The standard InChI is InChI=1S/C78H52B2N5O2S/c1-8-26-53(27-9-1)81(54-28-10-2-11-29-54)61-48-69(75-70(49-61)84(58-36-18-6-19-37-58)66-41-23-22-40-63(66)79-75)83(57-34-16-5-17-35-57)60-44-45-64-71(50-60)86-72-51-62(82(55-30-12-3-13-31-55)56-32-14-4-15-33-56)52-73-76(72)80(64)65-46-47-68-78(77(65)87-73)88-74-43-25-24-42-67(74)85(68)59-38-20-7-21-39-59/h1-52H. The lowest BCUT2D eigenvalue weighted by Gasteiger charge is -2.39. The summed E-state index contributed by atoms with van der Waals surface area (Å²) in [7, 11) is 2.36. The summed E-state index contributed by atoms with van der Waals surface area (Å²) in [6.07, 6.45) is 0.